The zero-order valence-corrected chi connectivity index (χ0v) is 13.5. The molecule has 0 unspecified atom stereocenters. The molecule has 1 amide bonds. The molecule has 0 spiro atoms. The van der Waals surface area contributed by atoms with Crippen molar-refractivity contribution in [3.8, 4) is 16.9 Å². The number of nitrogens with zero attached hydrogens (tertiary/aromatic N) is 3. The third kappa shape index (κ3) is 3.01. The van der Waals surface area contributed by atoms with Gasteiger partial charge in [0.2, 0.25) is 0 Å². The molecule has 0 saturated carbocycles. The summed E-state index contributed by atoms with van der Waals surface area (Å²) in [6.07, 6.45) is 1.80. The molecule has 4 nitrogen and oxygen atoms in total. The van der Waals surface area contributed by atoms with E-state index in [1.165, 1.54) is 5.56 Å². The predicted molar refractivity (Wildman–Crippen MR) is 91.8 cm³/mol. The minimum absolute atomic E-state index is 0.0535. The summed E-state index contributed by atoms with van der Waals surface area (Å²) >= 11 is 0. The SMILES string of the molecule is Cc1ccc(-n2cc(C(=O)N(C)C)c(-c3ccccc3)n2)cc1. The van der Waals surface area contributed by atoms with Gasteiger partial charge in [-0.25, -0.2) is 4.68 Å². The highest BCUT2D eigenvalue weighted by Gasteiger charge is 2.19. The Hall–Kier alpha value is -2.88. The molecule has 1 heterocycles. The van der Waals surface area contributed by atoms with Crippen molar-refractivity contribution in [3.05, 3.63) is 71.9 Å². The molecule has 0 N–H and O–H groups in total. The van der Waals surface area contributed by atoms with E-state index in [-0.39, 0.29) is 5.91 Å². The molecule has 1 aromatic heterocycles. The Bertz CT molecular complexity index is 818. The number of benzene rings is 2. The molecule has 0 atom stereocenters. The number of aromatic nitrogens is 2. The van der Waals surface area contributed by atoms with Crippen molar-refractivity contribution in [3.63, 3.8) is 0 Å². The van der Waals surface area contributed by atoms with E-state index in [0.717, 1.165) is 11.3 Å². The molecule has 0 aliphatic rings. The second-order valence-corrected chi connectivity index (χ2v) is 5.74. The van der Waals surface area contributed by atoms with Crippen LogP contribution in [0.2, 0.25) is 0 Å². The van der Waals surface area contributed by atoms with Gasteiger partial charge in [-0.2, -0.15) is 5.10 Å². The lowest BCUT2D eigenvalue weighted by Crippen LogP contribution is -2.21. The van der Waals surface area contributed by atoms with Crippen LogP contribution in [0.4, 0.5) is 0 Å². The minimum atomic E-state index is -0.0535. The smallest absolute Gasteiger partial charge is 0.257 e. The van der Waals surface area contributed by atoms with Crippen LogP contribution >= 0.6 is 0 Å². The quantitative estimate of drug-likeness (QED) is 0.742. The van der Waals surface area contributed by atoms with Crippen molar-refractivity contribution in [2.75, 3.05) is 14.1 Å². The van der Waals surface area contributed by atoms with Gasteiger partial charge in [0.1, 0.15) is 5.69 Å². The van der Waals surface area contributed by atoms with E-state index < -0.39 is 0 Å². The van der Waals surface area contributed by atoms with Crippen molar-refractivity contribution in [2.24, 2.45) is 0 Å². The van der Waals surface area contributed by atoms with E-state index in [1.54, 1.807) is 29.9 Å². The molecule has 0 bridgehead atoms. The maximum Gasteiger partial charge on any atom is 0.257 e. The molecule has 23 heavy (non-hydrogen) atoms. The van der Waals surface area contributed by atoms with Crippen molar-refractivity contribution < 1.29 is 4.79 Å². The highest BCUT2D eigenvalue weighted by Crippen LogP contribution is 2.24. The molecule has 0 radical (unpaired) electrons. The summed E-state index contributed by atoms with van der Waals surface area (Å²) in [7, 11) is 3.50. The third-order valence-electron chi connectivity index (χ3n) is 3.70. The fourth-order valence-electron chi connectivity index (χ4n) is 2.41. The van der Waals surface area contributed by atoms with Gasteiger partial charge in [0.05, 0.1) is 11.3 Å². The average Bonchev–Trinajstić information content (AvgIpc) is 3.00. The van der Waals surface area contributed by atoms with Gasteiger partial charge in [0, 0.05) is 25.9 Å². The Kier molecular flexibility index (Phi) is 3.98. The molecule has 116 valence electrons. The van der Waals surface area contributed by atoms with Crippen molar-refractivity contribution in [1.29, 1.82) is 0 Å². The fourth-order valence-corrected chi connectivity index (χ4v) is 2.41. The van der Waals surface area contributed by atoms with Crippen LogP contribution in [0.1, 0.15) is 15.9 Å². The van der Waals surface area contributed by atoms with Crippen LogP contribution in [0.3, 0.4) is 0 Å². The van der Waals surface area contributed by atoms with Gasteiger partial charge in [-0.1, -0.05) is 48.0 Å². The summed E-state index contributed by atoms with van der Waals surface area (Å²) in [4.78, 5) is 14.1. The zero-order chi connectivity index (χ0) is 16.4. The van der Waals surface area contributed by atoms with Crippen LogP contribution in [-0.4, -0.2) is 34.7 Å². The molecule has 0 aliphatic heterocycles. The van der Waals surface area contributed by atoms with Crippen LogP contribution in [0, 0.1) is 6.92 Å². The number of carbonyl (C=O) groups is 1. The summed E-state index contributed by atoms with van der Waals surface area (Å²) < 4.78 is 1.76. The van der Waals surface area contributed by atoms with E-state index in [9.17, 15) is 4.79 Å². The van der Waals surface area contributed by atoms with Gasteiger partial charge in [0.25, 0.3) is 5.91 Å². The highest BCUT2D eigenvalue weighted by molar-refractivity contribution is 5.99. The summed E-state index contributed by atoms with van der Waals surface area (Å²) in [5.41, 5.74) is 4.36. The Morgan fingerprint density at radius 1 is 1.00 bits per heavy atom. The standard InChI is InChI=1S/C19H19N3O/c1-14-9-11-16(12-10-14)22-13-17(19(23)21(2)3)18(20-22)15-7-5-4-6-8-15/h4-13H,1-3H3. The lowest BCUT2D eigenvalue weighted by molar-refractivity contribution is 0.0828. The summed E-state index contributed by atoms with van der Waals surface area (Å²) in [6.45, 7) is 2.04. The first-order valence-corrected chi connectivity index (χ1v) is 7.50. The third-order valence-corrected chi connectivity index (χ3v) is 3.70. The molecule has 0 aliphatic carbocycles. The number of carbonyl (C=O) groups excluding carboxylic acids is 1. The van der Waals surface area contributed by atoms with Gasteiger partial charge in [-0.3, -0.25) is 4.79 Å². The number of hydrogen-bond donors (Lipinski definition) is 0. The van der Waals surface area contributed by atoms with Crippen LogP contribution in [0.5, 0.6) is 0 Å². The predicted octanol–water partition coefficient (Wildman–Crippen LogP) is 3.55. The number of rotatable bonds is 3. The molecule has 0 saturated heterocycles. The molecule has 0 fully saturated rings. The minimum Gasteiger partial charge on any atom is -0.345 e. The molecule has 2 aromatic carbocycles. The van der Waals surface area contributed by atoms with E-state index in [1.807, 2.05) is 61.5 Å². The maximum absolute atomic E-state index is 12.5. The first-order chi connectivity index (χ1) is 11.1. The van der Waals surface area contributed by atoms with Gasteiger partial charge >= 0.3 is 0 Å². The average molecular weight is 305 g/mol. The molecular formula is C19H19N3O. The van der Waals surface area contributed by atoms with E-state index in [2.05, 4.69) is 5.10 Å². The van der Waals surface area contributed by atoms with Crippen LogP contribution in [0.15, 0.2) is 60.8 Å². The summed E-state index contributed by atoms with van der Waals surface area (Å²) in [6, 6.07) is 17.9. The first kappa shape index (κ1) is 15.0. The molecular weight excluding hydrogens is 286 g/mol. The first-order valence-electron chi connectivity index (χ1n) is 7.50. The van der Waals surface area contributed by atoms with Gasteiger partial charge in [-0.15, -0.1) is 0 Å². The van der Waals surface area contributed by atoms with Gasteiger partial charge in [-0.05, 0) is 19.1 Å². The Labute approximate surface area is 136 Å². The van der Waals surface area contributed by atoms with Crippen molar-refractivity contribution in [1.82, 2.24) is 14.7 Å². The number of aryl methyl sites for hydroxylation is 1. The fraction of sp³-hybridized carbons (Fsp3) is 0.158. The monoisotopic (exact) mass is 305 g/mol. The molecule has 4 heteroatoms. The topological polar surface area (TPSA) is 38.1 Å². The highest BCUT2D eigenvalue weighted by atomic mass is 16.2. The zero-order valence-electron chi connectivity index (χ0n) is 13.5. The van der Waals surface area contributed by atoms with Gasteiger partial charge in [0.15, 0.2) is 0 Å². The largest absolute Gasteiger partial charge is 0.345 e. The summed E-state index contributed by atoms with van der Waals surface area (Å²) in [5, 5.41) is 4.65. The van der Waals surface area contributed by atoms with Crippen LogP contribution in [0.25, 0.3) is 16.9 Å². The van der Waals surface area contributed by atoms with E-state index in [0.29, 0.717) is 11.3 Å². The Balaban J connectivity index is 2.14. The second-order valence-electron chi connectivity index (χ2n) is 5.74. The lowest BCUT2D eigenvalue weighted by atomic mass is 10.1. The summed E-state index contributed by atoms with van der Waals surface area (Å²) in [5.74, 6) is -0.0535. The molecule has 3 rings (SSSR count). The van der Waals surface area contributed by atoms with E-state index in [4.69, 9.17) is 0 Å². The van der Waals surface area contributed by atoms with Crippen LogP contribution < -0.4 is 0 Å². The van der Waals surface area contributed by atoms with Gasteiger partial charge < -0.3 is 4.90 Å². The Morgan fingerprint density at radius 3 is 2.26 bits per heavy atom. The normalized spacial score (nSPS) is 10.6. The van der Waals surface area contributed by atoms with Crippen molar-refractivity contribution >= 4 is 5.91 Å². The number of amides is 1. The van der Waals surface area contributed by atoms with Crippen LogP contribution in [-0.2, 0) is 0 Å². The second kappa shape index (κ2) is 6.08. The lowest BCUT2D eigenvalue weighted by Gasteiger charge is -2.09. The van der Waals surface area contributed by atoms with E-state index >= 15 is 0 Å². The Morgan fingerprint density at radius 2 is 1.65 bits per heavy atom. The maximum atomic E-state index is 12.5. The number of hydrogen-bond acceptors (Lipinski definition) is 2. The molecule has 3 aromatic rings. The van der Waals surface area contributed by atoms with Crippen molar-refractivity contribution in [2.45, 2.75) is 6.92 Å².